The van der Waals surface area contributed by atoms with Gasteiger partial charge in [-0.15, -0.1) is 0 Å². The molecule has 1 fully saturated rings. The Morgan fingerprint density at radius 2 is 2.00 bits per heavy atom. The van der Waals surface area contributed by atoms with E-state index >= 15 is 0 Å². The van der Waals surface area contributed by atoms with E-state index in [9.17, 15) is 0 Å². The lowest BCUT2D eigenvalue weighted by Gasteiger charge is -2.23. The summed E-state index contributed by atoms with van der Waals surface area (Å²) in [5.41, 5.74) is 7.48. The van der Waals surface area contributed by atoms with Gasteiger partial charge in [0.25, 0.3) is 0 Å². The highest BCUT2D eigenvalue weighted by Crippen LogP contribution is 2.27. The van der Waals surface area contributed by atoms with Crippen LogP contribution in [-0.4, -0.2) is 30.1 Å². The summed E-state index contributed by atoms with van der Waals surface area (Å²) in [7, 11) is 0. The topological polar surface area (TPSA) is 29.3 Å². The van der Waals surface area contributed by atoms with Gasteiger partial charge in [0, 0.05) is 12.1 Å². The fraction of sp³-hybridized carbons (Fsp3) is 0.600. The molecule has 0 radical (unpaired) electrons. The van der Waals surface area contributed by atoms with E-state index < -0.39 is 0 Å². The largest absolute Gasteiger partial charge is 0.326 e. The van der Waals surface area contributed by atoms with Crippen molar-refractivity contribution >= 4 is 0 Å². The molecule has 1 atom stereocenters. The highest BCUT2D eigenvalue weighted by molar-refractivity contribution is 5.20. The highest BCUT2D eigenvalue weighted by atomic mass is 15.1. The third kappa shape index (κ3) is 3.83. The summed E-state index contributed by atoms with van der Waals surface area (Å²) in [4.78, 5) is 2.55. The van der Waals surface area contributed by atoms with Gasteiger partial charge in [-0.1, -0.05) is 30.3 Å². The summed E-state index contributed by atoms with van der Waals surface area (Å²) < 4.78 is 0. The van der Waals surface area contributed by atoms with E-state index in [1.54, 1.807) is 0 Å². The van der Waals surface area contributed by atoms with Gasteiger partial charge in [-0.25, -0.2) is 0 Å². The molecule has 1 aliphatic heterocycles. The molecular formula is C15H24N2. The van der Waals surface area contributed by atoms with Crippen molar-refractivity contribution in [2.24, 2.45) is 5.73 Å². The molecule has 1 aliphatic rings. The lowest BCUT2D eigenvalue weighted by molar-refractivity contribution is 0.295. The molecule has 2 rings (SSSR count). The van der Waals surface area contributed by atoms with E-state index in [0.717, 1.165) is 18.9 Å². The lowest BCUT2D eigenvalue weighted by atomic mass is 9.99. The number of hydrogen-bond acceptors (Lipinski definition) is 2. The van der Waals surface area contributed by atoms with Crippen molar-refractivity contribution in [3.63, 3.8) is 0 Å². The molecule has 0 amide bonds. The Bertz CT molecular complexity index is 340. The molecule has 1 aromatic rings. The zero-order chi connectivity index (χ0) is 12.3. The lowest BCUT2D eigenvalue weighted by Crippen LogP contribution is -2.36. The fourth-order valence-electron chi connectivity index (χ4n) is 2.48. The Morgan fingerprint density at radius 1 is 1.29 bits per heavy atom. The molecule has 94 valence electrons. The number of rotatable bonds is 4. The zero-order valence-electron chi connectivity index (χ0n) is 11.0. The maximum Gasteiger partial charge on any atom is 0.0109 e. The van der Waals surface area contributed by atoms with Crippen molar-refractivity contribution in [3.05, 3.63) is 35.9 Å². The summed E-state index contributed by atoms with van der Waals surface area (Å²) in [5, 5.41) is 0. The van der Waals surface area contributed by atoms with Crippen molar-refractivity contribution in [2.75, 3.05) is 19.6 Å². The van der Waals surface area contributed by atoms with Crippen molar-refractivity contribution in [3.8, 4) is 0 Å². The fourth-order valence-corrected chi connectivity index (χ4v) is 2.48. The van der Waals surface area contributed by atoms with Crippen molar-refractivity contribution in [1.29, 1.82) is 0 Å². The highest BCUT2D eigenvalue weighted by Gasteiger charge is 2.24. The van der Waals surface area contributed by atoms with Crippen LogP contribution in [-0.2, 0) is 0 Å². The molecule has 1 aromatic carbocycles. The van der Waals surface area contributed by atoms with E-state index in [1.165, 1.54) is 25.1 Å². The third-order valence-corrected chi connectivity index (χ3v) is 3.62. The molecule has 1 saturated heterocycles. The molecule has 1 unspecified atom stereocenters. The number of likely N-dealkylation sites (tertiary alicyclic amines) is 1. The molecule has 0 aromatic heterocycles. The SMILES string of the molecule is CC(C)(N)CCN1CCC(c2ccccc2)C1. The van der Waals surface area contributed by atoms with Gasteiger partial charge in [-0.3, -0.25) is 0 Å². The first kappa shape index (κ1) is 12.6. The van der Waals surface area contributed by atoms with Crippen molar-refractivity contribution in [2.45, 2.75) is 38.1 Å². The molecule has 0 spiro atoms. The summed E-state index contributed by atoms with van der Waals surface area (Å²) in [6.07, 6.45) is 2.36. The maximum absolute atomic E-state index is 6.03. The van der Waals surface area contributed by atoms with Crippen LogP contribution in [0.1, 0.15) is 38.2 Å². The number of nitrogens with zero attached hydrogens (tertiary/aromatic N) is 1. The zero-order valence-corrected chi connectivity index (χ0v) is 11.0. The minimum atomic E-state index is -0.0369. The average molecular weight is 232 g/mol. The Morgan fingerprint density at radius 3 is 2.65 bits per heavy atom. The minimum Gasteiger partial charge on any atom is -0.326 e. The van der Waals surface area contributed by atoms with E-state index in [1.807, 2.05) is 0 Å². The Kier molecular flexibility index (Phi) is 3.85. The molecule has 2 heteroatoms. The number of benzene rings is 1. The van der Waals surface area contributed by atoms with Gasteiger partial charge in [0.15, 0.2) is 0 Å². The number of nitrogens with two attached hydrogens (primary N) is 1. The van der Waals surface area contributed by atoms with Gasteiger partial charge >= 0.3 is 0 Å². The third-order valence-electron chi connectivity index (χ3n) is 3.62. The predicted molar refractivity (Wildman–Crippen MR) is 73.1 cm³/mol. The van der Waals surface area contributed by atoms with Gasteiger partial charge in [0.05, 0.1) is 0 Å². The second kappa shape index (κ2) is 5.19. The summed E-state index contributed by atoms with van der Waals surface area (Å²) in [6, 6.07) is 10.9. The molecule has 17 heavy (non-hydrogen) atoms. The van der Waals surface area contributed by atoms with Crippen LogP contribution in [0.3, 0.4) is 0 Å². The normalized spacial score (nSPS) is 21.9. The molecule has 2 nitrogen and oxygen atoms in total. The van der Waals surface area contributed by atoms with Crippen LogP contribution in [0.2, 0.25) is 0 Å². The first-order chi connectivity index (χ1) is 8.04. The molecule has 0 bridgehead atoms. The summed E-state index contributed by atoms with van der Waals surface area (Å²) >= 11 is 0. The van der Waals surface area contributed by atoms with E-state index in [-0.39, 0.29) is 5.54 Å². The molecule has 0 aliphatic carbocycles. The van der Waals surface area contributed by atoms with Gasteiger partial charge in [-0.2, -0.15) is 0 Å². The van der Waals surface area contributed by atoms with Crippen LogP contribution >= 0.6 is 0 Å². The minimum absolute atomic E-state index is 0.0369. The summed E-state index contributed by atoms with van der Waals surface area (Å²) in [6.45, 7) is 7.76. The smallest absolute Gasteiger partial charge is 0.0109 e. The maximum atomic E-state index is 6.03. The Balaban J connectivity index is 1.84. The number of hydrogen-bond donors (Lipinski definition) is 1. The molecule has 0 saturated carbocycles. The van der Waals surface area contributed by atoms with Gasteiger partial charge in [0.1, 0.15) is 0 Å². The van der Waals surface area contributed by atoms with Crippen molar-refractivity contribution < 1.29 is 0 Å². The Labute approximate surface area is 105 Å². The van der Waals surface area contributed by atoms with Crippen LogP contribution in [0, 0.1) is 0 Å². The van der Waals surface area contributed by atoms with Crippen LogP contribution in [0.15, 0.2) is 30.3 Å². The van der Waals surface area contributed by atoms with Gasteiger partial charge in [-0.05, 0) is 51.3 Å². The second-order valence-electron chi connectivity index (χ2n) is 5.94. The molecule has 2 N–H and O–H groups in total. The predicted octanol–water partition coefficient (Wildman–Crippen LogP) is 2.60. The van der Waals surface area contributed by atoms with E-state index in [2.05, 4.69) is 49.1 Å². The quantitative estimate of drug-likeness (QED) is 0.864. The van der Waals surface area contributed by atoms with Gasteiger partial charge in [0.2, 0.25) is 0 Å². The van der Waals surface area contributed by atoms with Crippen LogP contribution in [0.5, 0.6) is 0 Å². The molecular weight excluding hydrogens is 208 g/mol. The van der Waals surface area contributed by atoms with Crippen LogP contribution in [0.4, 0.5) is 0 Å². The first-order valence-corrected chi connectivity index (χ1v) is 6.61. The second-order valence-corrected chi connectivity index (χ2v) is 5.94. The Hall–Kier alpha value is -0.860. The average Bonchev–Trinajstić information content (AvgIpc) is 2.75. The monoisotopic (exact) mass is 232 g/mol. The van der Waals surface area contributed by atoms with Crippen LogP contribution < -0.4 is 5.73 Å². The standard InChI is InChI=1S/C15H24N2/c1-15(2,16)9-11-17-10-8-14(12-17)13-6-4-3-5-7-13/h3-7,14H,8-12,16H2,1-2H3. The van der Waals surface area contributed by atoms with Gasteiger partial charge < -0.3 is 10.6 Å². The summed E-state index contributed by atoms with van der Waals surface area (Å²) in [5.74, 6) is 0.720. The van der Waals surface area contributed by atoms with Crippen LogP contribution in [0.25, 0.3) is 0 Å². The van der Waals surface area contributed by atoms with Crippen molar-refractivity contribution in [1.82, 2.24) is 4.90 Å². The molecule has 1 heterocycles. The van der Waals surface area contributed by atoms with E-state index in [0.29, 0.717) is 0 Å². The van der Waals surface area contributed by atoms with E-state index in [4.69, 9.17) is 5.73 Å². The first-order valence-electron chi connectivity index (χ1n) is 6.61.